The number of benzene rings is 3. The molecule has 0 aliphatic heterocycles. The van der Waals surface area contributed by atoms with Crippen LogP contribution in [0, 0.1) is 0 Å². The van der Waals surface area contributed by atoms with Crippen molar-refractivity contribution in [1.82, 2.24) is 5.32 Å². The summed E-state index contributed by atoms with van der Waals surface area (Å²) in [7, 11) is 0. The van der Waals surface area contributed by atoms with Crippen molar-refractivity contribution in [1.29, 1.82) is 0 Å². The molecule has 0 bridgehead atoms. The highest BCUT2D eigenvalue weighted by Gasteiger charge is 2.19. The number of hydrogen-bond acceptors (Lipinski definition) is 4. The Hall–Kier alpha value is -2.38. The van der Waals surface area contributed by atoms with Gasteiger partial charge in [-0.1, -0.05) is 64.9 Å². The van der Waals surface area contributed by atoms with Gasteiger partial charge in [-0.15, -0.1) is 0 Å². The first-order valence-corrected chi connectivity index (χ1v) is 11.1. The summed E-state index contributed by atoms with van der Waals surface area (Å²) >= 11 is 14.6. The summed E-state index contributed by atoms with van der Waals surface area (Å²) in [4.78, 5) is 26.6. The number of nitrogens with one attached hydrogen (secondary N) is 1. The van der Waals surface area contributed by atoms with E-state index in [-0.39, 0.29) is 5.70 Å². The Labute approximate surface area is 192 Å². The molecule has 3 aromatic carbocycles. The van der Waals surface area contributed by atoms with Crippen molar-refractivity contribution in [2.75, 3.05) is 0 Å². The Bertz CT molecular complexity index is 1020. The number of thioether (sulfide) groups is 2. The number of primary amides is 1. The van der Waals surface area contributed by atoms with Gasteiger partial charge in [0, 0.05) is 25.4 Å². The maximum Gasteiger partial charge on any atom is 0.266 e. The van der Waals surface area contributed by atoms with Crippen LogP contribution in [0.15, 0.2) is 98.6 Å². The molecule has 3 aromatic rings. The van der Waals surface area contributed by atoms with E-state index < -0.39 is 11.8 Å². The van der Waals surface area contributed by atoms with Crippen molar-refractivity contribution in [3.05, 3.63) is 104 Å². The summed E-state index contributed by atoms with van der Waals surface area (Å²) in [5.74, 6) is -1.16. The zero-order chi connectivity index (χ0) is 21.5. The molecule has 0 aliphatic carbocycles. The summed E-state index contributed by atoms with van der Waals surface area (Å²) in [6.07, 6.45) is 0. The molecule has 3 rings (SSSR count). The molecule has 0 aliphatic rings. The highest BCUT2D eigenvalue weighted by molar-refractivity contribution is 8.22. The van der Waals surface area contributed by atoms with E-state index in [2.05, 4.69) is 5.32 Å². The van der Waals surface area contributed by atoms with E-state index >= 15 is 0 Å². The molecule has 0 unspecified atom stereocenters. The van der Waals surface area contributed by atoms with Crippen molar-refractivity contribution < 1.29 is 9.59 Å². The summed E-state index contributed by atoms with van der Waals surface area (Å²) < 4.78 is 0.524. The fourth-order valence-corrected chi connectivity index (χ4v) is 4.81. The van der Waals surface area contributed by atoms with Crippen molar-refractivity contribution in [2.24, 2.45) is 5.73 Å². The van der Waals surface area contributed by atoms with Gasteiger partial charge in [0.1, 0.15) is 5.70 Å². The Morgan fingerprint density at radius 1 is 0.733 bits per heavy atom. The van der Waals surface area contributed by atoms with Gasteiger partial charge >= 0.3 is 0 Å². The third-order valence-corrected chi connectivity index (χ3v) is 6.57. The number of carbonyl (C=O) groups excluding carboxylic acids is 2. The molecule has 0 saturated carbocycles. The number of nitrogens with two attached hydrogens (primary N) is 1. The largest absolute Gasteiger partial charge is 0.364 e. The minimum absolute atomic E-state index is 0.0174. The fraction of sp³-hybridized carbons (Fsp3) is 0. The summed E-state index contributed by atoms with van der Waals surface area (Å²) in [5.41, 5.74) is 6.08. The standard InChI is InChI=1S/C22H16Cl2N2O2S2/c23-15-6-10-17(11-7-15)29-22(30-18-12-8-16(24)9-13-18)19(20(25)27)26-21(28)14-4-2-1-3-5-14/h1-13H,(H2,25,27)(H,26,28). The molecular weight excluding hydrogens is 459 g/mol. The van der Waals surface area contributed by atoms with Gasteiger partial charge in [-0.05, 0) is 60.7 Å². The predicted molar refractivity (Wildman–Crippen MR) is 125 cm³/mol. The van der Waals surface area contributed by atoms with Crippen LogP contribution in [-0.4, -0.2) is 11.8 Å². The van der Waals surface area contributed by atoms with Gasteiger partial charge in [-0.3, -0.25) is 9.59 Å². The van der Waals surface area contributed by atoms with E-state index in [4.69, 9.17) is 28.9 Å². The normalized spacial score (nSPS) is 10.3. The lowest BCUT2D eigenvalue weighted by molar-refractivity contribution is -0.114. The average molecular weight is 475 g/mol. The number of hydrogen-bond donors (Lipinski definition) is 2. The topological polar surface area (TPSA) is 72.2 Å². The van der Waals surface area contributed by atoms with Crippen LogP contribution in [0.4, 0.5) is 0 Å². The van der Waals surface area contributed by atoms with E-state index in [0.717, 1.165) is 9.79 Å². The molecule has 0 atom stereocenters. The van der Waals surface area contributed by atoms with Crippen LogP contribution in [0.5, 0.6) is 0 Å². The van der Waals surface area contributed by atoms with Gasteiger partial charge in [0.2, 0.25) is 0 Å². The van der Waals surface area contributed by atoms with E-state index in [1.165, 1.54) is 23.5 Å². The van der Waals surface area contributed by atoms with Crippen LogP contribution in [0.3, 0.4) is 0 Å². The van der Waals surface area contributed by atoms with Gasteiger partial charge in [0.15, 0.2) is 0 Å². The smallest absolute Gasteiger partial charge is 0.266 e. The van der Waals surface area contributed by atoms with Gasteiger partial charge in [-0.25, -0.2) is 0 Å². The third kappa shape index (κ3) is 6.31. The van der Waals surface area contributed by atoms with Crippen LogP contribution in [0.25, 0.3) is 0 Å². The molecule has 30 heavy (non-hydrogen) atoms. The first kappa shape index (κ1) is 22.3. The lowest BCUT2D eigenvalue weighted by Gasteiger charge is -2.14. The highest BCUT2D eigenvalue weighted by atomic mass is 35.5. The molecule has 152 valence electrons. The molecule has 4 nitrogen and oxygen atoms in total. The van der Waals surface area contributed by atoms with E-state index in [9.17, 15) is 9.59 Å². The van der Waals surface area contributed by atoms with Crippen LogP contribution < -0.4 is 11.1 Å². The van der Waals surface area contributed by atoms with E-state index in [1.54, 1.807) is 54.6 Å². The Balaban J connectivity index is 1.98. The summed E-state index contributed by atoms with van der Waals surface area (Å²) in [6, 6.07) is 22.9. The lowest BCUT2D eigenvalue weighted by Crippen LogP contribution is -2.32. The van der Waals surface area contributed by atoms with Gasteiger partial charge in [-0.2, -0.15) is 0 Å². The average Bonchev–Trinajstić information content (AvgIpc) is 2.75. The number of amides is 2. The molecule has 3 N–H and O–H groups in total. The van der Waals surface area contributed by atoms with Crippen LogP contribution in [0.1, 0.15) is 10.4 Å². The zero-order valence-corrected chi connectivity index (χ0v) is 18.6. The first-order valence-electron chi connectivity index (χ1n) is 8.69. The monoisotopic (exact) mass is 474 g/mol. The quantitative estimate of drug-likeness (QED) is 0.327. The Morgan fingerprint density at radius 2 is 1.20 bits per heavy atom. The second kappa shape index (κ2) is 10.6. The van der Waals surface area contributed by atoms with Crippen molar-refractivity contribution in [3.63, 3.8) is 0 Å². The number of rotatable bonds is 7. The maximum absolute atomic E-state index is 12.7. The minimum Gasteiger partial charge on any atom is -0.364 e. The molecule has 0 fully saturated rings. The Morgan fingerprint density at radius 3 is 1.63 bits per heavy atom. The molecule has 0 saturated heterocycles. The second-order valence-corrected chi connectivity index (χ2v) is 9.26. The molecule has 0 aromatic heterocycles. The van der Waals surface area contributed by atoms with Crippen LogP contribution in [0.2, 0.25) is 10.0 Å². The summed E-state index contributed by atoms with van der Waals surface area (Å²) in [5, 5.41) is 3.87. The van der Waals surface area contributed by atoms with Crippen LogP contribution in [-0.2, 0) is 4.79 Å². The minimum atomic E-state index is -0.739. The molecule has 8 heteroatoms. The van der Waals surface area contributed by atoms with Gasteiger partial charge in [0.05, 0.1) is 4.24 Å². The van der Waals surface area contributed by atoms with Crippen LogP contribution >= 0.6 is 46.7 Å². The van der Waals surface area contributed by atoms with E-state index in [0.29, 0.717) is 19.8 Å². The van der Waals surface area contributed by atoms with Gasteiger partial charge < -0.3 is 11.1 Å². The molecule has 0 heterocycles. The number of carbonyl (C=O) groups is 2. The molecule has 2 amide bonds. The predicted octanol–water partition coefficient (Wildman–Crippen LogP) is 5.96. The summed E-state index contributed by atoms with van der Waals surface area (Å²) in [6.45, 7) is 0. The SMILES string of the molecule is NC(=O)C(NC(=O)c1ccccc1)=C(Sc1ccc(Cl)cc1)Sc1ccc(Cl)cc1. The number of halogens is 2. The maximum atomic E-state index is 12.7. The first-order chi connectivity index (χ1) is 14.4. The van der Waals surface area contributed by atoms with E-state index in [1.807, 2.05) is 24.3 Å². The lowest BCUT2D eigenvalue weighted by atomic mass is 10.2. The molecule has 0 spiro atoms. The van der Waals surface area contributed by atoms with Crippen molar-refractivity contribution in [3.8, 4) is 0 Å². The van der Waals surface area contributed by atoms with Crippen molar-refractivity contribution in [2.45, 2.75) is 9.79 Å². The third-order valence-electron chi connectivity index (χ3n) is 3.77. The van der Waals surface area contributed by atoms with Crippen molar-refractivity contribution >= 4 is 58.5 Å². The molecule has 0 radical (unpaired) electrons. The second-order valence-electron chi connectivity index (χ2n) is 5.96. The zero-order valence-electron chi connectivity index (χ0n) is 15.5. The fourth-order valence-electron chi connectivity index (χ4n) is 2.33. The highest BCUT2D eigenvalue weighted by Crippen LogP contribution is 2.41. The molecular formula is C22H16Cl2N2O2S2. The Kier molecular flexibility index (Phi) is 7.87. The van der Waals surface area contributed by atoms with Gasteiger partial charge in [0.25, 0.3) is 11.8 Å².